The summed E-state index contributed by atoms with van der Waals surface area (Å²) in [5.41, 5.74) is 0. The van der Waals surface area contributed by atoms with Gasteiger partial charge in [-0.15, -0.1) is 0 Å². The Kier molecular flexibility index (Phi) is 5.50. The fourth-order valence-electron chi connectivity index (χ4n) is 3.41. The summed E-state index contributed by atoms with van der Waals surface area (Å²) in [6.45, 7) is 1.95. The van der Waals surface area contributed by atoms with Gasteiger partial charge in [-0.2, -0.15) is 0 Å². The Morgan fingerprint density at radius 1 is 1.09 bits per heavy atom. The van der Waals surface area contributed by atoms with Crippen LogP contribution in [-0.4, -0.2) is 41.3 Å². The van der Waals surface area contributed by atoms with Gasteiger partial charge in [0.1, 0.15) is 11.9 Å². The number of ether oxygens (including phenoxy) is 1. The fourth-order valence-corrected chi connectivity index (χ4v) is 3.70. The Morgan fingerprint density at radius 2 is 1.86 bits per heavy atom. The molecule has 22 heavy (non-hydrogen) atoms. The first-order valence-electron chi connectivity index (χ1n) is 8.00. The summed E-state index contributed by atoms with van der Waals surface area (Å²) < 4.78 is 6.01. The van der Waals surface area contributed by atoms with E-state index in [0.717, 1.165) is 44.5 Å². The van der Waals surface area contributed by atoms with Crippen LogP contribution in [0, 0.1) is 6.42 Å². The second-order valence-electron chi connectivity index (χ2n) is 6.15. The van der Waals surface area contributed by atoms with Crippen molar-refractivity contribution in [1.29, 1.82) is 0 Å². The first kappa shape index (κ1) is 16.4. The lowest BCUT2D eigenvalue weighted by Gasteiger charge is -2.41. The molecular weight excluding hydrogens is 321 g/mol. The second kappa shape index (κ2) is 7.39. The molecule has 0 aromatic heterocycles. The van der Waals surface area contributed by atoms with Crippen molar-refractivity contribution < 1.29 is 9.84 Å². The Morgan fingerprint density at radius 3 is 2.55 bits per heavy atom. The summed E-state index contributed by atoms with van der Waals surface area (Å²) in [5, 5.41) is 11.2. The molecule has 3 rings (SSSR count). The van der Waals surface area contributed by atoms with Gasteiger partial charge < -0.3 is 9.84 Å². The van der Waals surface area contributed by atoms with Crippen molar-refractivity contribution in [3.63, 3.8) is 0 Å². The van der Waals surface area contributed by atoms with Gasteiger partial charge in [0.15, 0.2) is 0 Å². The highest BCUT2D eigenvalue weighted by atomic mass is 35.5. The predicted octanol–water partition coefficient (Wildman–Crippen LogP) is 3.95. The summed E-state index contributed by atoms with van der Waals surface area (Å²) >= 11 is 11.9. The van der Waals surface area contributed by atoms with E-state index in [-0.39, 0.29) is 12.2 Å². The molecule has 1 aromatic rings. The molecule has 1 saturated carbocycles. The molecule has 1 aliphatic heterocycles. The van der Waals surface area contributed by atoms with E-state index in [1.54, 1.807) is 12.1 Å². The largest absolute Gasteiger partial charge is 0.490 e. The Balaban J connectivity index is 1.52. The number of nitrogens with zero attached hydrogens (tertiary/aromatic N) is 1. The van der Waals surface area contributed by atoms with Gasteiger partial charge in [-0.25, -0.2) is 0 Å². The normalized spacial score (nSPS) is 27.8. The topological polar surface area (TPSA) is 32.7 Å². The van der Waals surface area contributed by atoms with E-state index in [0.29, 0.717) is 16.1 Å². The lowest BCUT2D eigenvalue weighted by atomic mass is 9.90. The van der Waals surface area contributed by atoms with E-state index in [1.165, 1.54) is 6.42 Å². The van der Waals surface area contributed by atoms with Crippen molar-refractivity contribution in [2.75, 3.05) is 13.1 Å². The Labute approximate surface area is 142 Å². The Hall–Kier alpha value is -0.480. The van der Waals surface area contributed by atoms with Gasteiger partial charge in [-0.05, 0) is 44.2 Å². The van der Waals surface area contributed by atoms with Crippen LogP contribution in [0.15, 0.2) is 18.2 Å². The van der Waals surface area contributed by atoms with Gasteiger partial charge in [0.25, 0.3) is 0 Å². The molecule has 1 N–H and O–H groups in total. The summed E-state index contributed by atoms with van der Waals surface area (Å²) in [6, 6.07) is 5.69. The summed E-state index contributed by atoms with van der Waals surface area (Å²) in [7, 11) is 0. The summed E-state index contributed by atoms with van der Waals surface area (Å²) in [5.74, 6) is 0.777. The molecule has 2 unspecified atom stereocenters. The quantitative estimate of drug-likeness (QED) is 0.902. The molecule has 2 atom stereocenters. The molecular formula is C17H22Cl2NO2. The highest BCUT2D eigenvalue weighted by Gasteiger charge is 2.32. The SMILES string of the molecule is OC1[CH]CCCC1N1CCC(Oc2ccc(Cl)c(Cl)c2)CC1. The van der Waals surface area contributed by atoms with Gasteiger partial charge in [0, 0.05) is 25.2 Å². The van der Waals surface area contributed by atoms with E-state index < -0.39 is 0 Å². The summed E-state index contributed by atoms with van der Waals surface area (Å²) in [4.78, 5) is 2.41. The number of likely N-dealkylation sites (tertiary alicyclic amines) is 1. The van der Waals surface area contributed by atoms with Crippen molar-refractivity contribution in [3.8, 4) is 5.75 Å². The zero-order valence-electron chi connectivity index (χ0n) is 12.5. The second-order valence-corrected chi connectivity index (χ2v) is 6.97. The van der Waals surface area contributed by atoms with Crippen LogP contribution in [0.2, 0.25) is 10.0 Å². The van der Waals surface area contributed by atoms with Crippen LogP contribution in [-0.2, 0) is 0 Å². The van der Waals surface area contributed by atoms with Gasteiger partial charge in [-0.3, -0.25) is 4.90 Å². The molecule has 0 amide bonds. The average molecular weight is 343 g/mol. The zero-order valence-corrected chi connectivity index (χ0v) is 14.1. The number of aliphatic hydroxyl groups excluding tert-OH is 1. The van der Waals surface area contributed by atoms with Gasteiger partial charge >= 0.3 is 0 Å². The molecule has 5 heteroatoms. The number of hydrogen-bond donors (Lipinski definition) is 1. The van der Waals surface area contributed by atoms with E-state index >= 15 is 0 Å². The minimum Gasteiger partial charge on any atom is -0.490 e. The minimum absolute atomic E-state index is 0.207. The first-order chi connectivity index (χ1) is 10.6. The van der Waals surface area contributed by atoms with Crippen molar-refractivity contribution in [1.82, 2.24) is 4.90 Å². The number of hydrogen-bond acceptors (Lipinski definition) is 3. The number of rotatable bonds is 3. The Bertz CT molecular complexity index is 503. The molecule has 1 heterocycles. The van der Waals surface area contributed by atoms with Gasteiger partial charge in [-0.1, -0.05) is 29.6 Å². The highest BCUT2D eigenvalue weighted by molar-refractivity contribution is 6.42. The maximum atomic E-state index is 10.1. The predicted molar refractivity (Wildman–Crippen MR) is 89.6 cm³/mol. The van der Waals surface area contributed by atoms with E-state index in [4.69, 9.17) is 27.9 Å². The standard InChI is InChI=1S/C17H22Cl2NO2/c18-14-6-5-13(11-15(14)19)22-12-7-9-20(10-8-12)16-3-1-2-4-17(16)21/h4-6,11-12,16-17,21H,1-3,7-10H2. The molecule has 0 bridgehead atoms. The van der Waals surface area contributed by atoms with Crippen LogP contribution >= 0.6 is 23.2 Å². The fraction of sp³-hybridized carbons (Fsp3) is 0.588. The van der Waals surface area contributed by atoms with Crippen molar-refractivity contribution in [2.24, 2.45) is 0 Å². The third-order valence-electron chi connectivity index (χ3n) is 4.65. The monoisotopic (exact) mass is 342 g/mol. The molecule has 121 valence electrons. The maximum absolute atomic E-state index is 10.1. The van der Waals surface area contributed by atoms with Crippen molar-refractivity contribution in [2.45, 2.75) is 50.4 Å². The molecule has 3 nitrogen and oxygen atoms in total. The van der Waals surface area contributed by atoms with Crippen LogP contribution in [0.1, 0.15) is 32.1 Å². The lowest BCUT2D eigenvalue weighted by molar-refractivity contribution is 0.0123. The molecule has 2 fully saturated rings. The highest BCUT2D eigenvalue weighted by Crippen LogP contribution is 2.29. The van der Waals surface area contributed by atoms with Crippen LogP contribution in [0.5, 0.6) is 5.75 Å². The third kappa shape index (κ3) is 3.88. The molecule has 1 radical (unpaired) electrons. The maximum Gasteiger partial charge on any atom is 0.121 e. The third-order valence-corrected chi connectivity index (χ3v) is 5.38. The number of aliphatic hydroxyl groups is 1. The van der Waals surface area contributed by atoms with Crippen LogP contribution in [0.25, 0.3) is 0 Å². The lowest BCUT2D eigenvalue weighted by Crippen LogP contribution is -2.50. The molecule has 1 aliphatic carbocycles. The number of piperidine rings is 1. The molecule has 2 aliphatic rings. The molecule has 1 aromatic carbocycles. The van der Waals surface area contributed by atoms with Gasteiger partial charge in [0.05, 0.1) is 16.1 Å². The van der Waals surface area contributed by atoms with E-state index in [2.05, 4.69) is 4.90 Å². The number of benzene rings is 1. The van der Waals surface area contributed by atoms with Crippen LogP contribution < -0.4 is 4.74 Å². The van der Waals surface area contributed by atoms with Crippen LogP contribution in [0.3, 0.4) is 0 Å². The van der Waals surface area contributed by atoms with Crippen LogP contribution in [0.4, 0.5) is 0 Å². The smallest absolute Gasteiger partial charge is 0.121 e. The molecule has 0 spiro atoms. The van der Waals surface area contributed by atoms with Crippen molar-refractivity contribution in [3.05, 3.63) is 34.7 Å². The number of halogens is 2. The van der Waals surface area contributed by atoms with Gasteiger partial charge in [0.2, 0.25) is 0 Å². The first-order valence-corrected chi connectivity index (χ1v) is 8.76. The van der Waals surface area contributed by atoms with E-state index in [1.807, 2.05) is 12.5 Å². The molecule has 1 saturated heterocycles. The average Bonchev–Trinajstić information content (AvgIpc) is 2.52. The summed E-state index contributed by atoms with van der Waals surface area (Å²) in [6.07, 6.45) is 7.24. The zero-order chi connectivity index (χ0) is 15.5. The minimum atomic E-state index is -0.277. The van der Waals surface area contributed by atoms with Crippen molar-refractivity contribution >= 4 is 23.2 Å². The van der Waals surface area contributed by atoms with E-state index in [9.17, 15) is 5.11 Å².